The van der Waals surface area contributed by atoms with Gasteiger partial charge in [0, 0.05) is 19.0 Å². The maximum Gasteiger partial charge on any atom is 0.220 e. The van der Waals surface area contributed by atoms with Crippen molar-refractivity contribution in [1.82, 2.24) is 5.32 Å². The molecule has 2 rings (SSSR count). The maximum atomic E-state index is 11.6. The van der Waals surface area contributed by atoms with Gasteiger partial charge < -0.3 is 11.1 Å². The molecule has 0 spiro atoms. The van der Waals surface area contributed by atoms with E-state index in [1.807, 2.05) is 0 Å². The van der Waals surface area contributed by atoms with E-state index >= 15 is 0 Å². The van der Waals surface area contributed by atoms with E-state index in [2.05, 4.69) is 5.32 Å². The van der Waals surface area contributed by atoms with Crippen molar-refractivity contribution in [3.63, 3.8) is 0 Å². The molecule has 16 heavy (non-hydrogen) atoms. The fourth-order valence-electron chi connectivity index (χ4n) is 2.68. The summed E-state index contributed by atoms with van der Waals surface area (Å²) in [6.07, 6.45) is 9.21. The minimum absolute atomic E-state index is 0.263. The van der Waals surface area contributed by atoms with Crippen LogP contribution in [0.25, 0.3) is 0 Å². The summed E-state index contributed by atoms with van der Waals surface area (Å²) in [5.41, 5.74) is 5.86. The second-order valence-electron chi connectivity index (χ2n) is 5.59. The third kappa shape index (κ3) is 3.48. The number of rotatable bonds is 4. The van der Waals surface area contributed by atoms with Crippen LogP contribution in [0.15, 0.2) is 0 Å². The number of amides is 1. The summed E-state index contributed by atoms with van der Waals surface area (Å²) in [7, 11) is 0. The molecule has 0 heterocycles. The molecule has 0 bridgehead atoms. The highest BCUT2D eigenvalue weighted by molar-refractivity contribution is 5.76. The molecule has 0 atom stereocenters. The van der Waals surface area contributed by atoms with E-state index in [1.165, 1.54) is 32.1 Å². The molecular formula is C13H24N2O. The molecule has 2 aliphatic carbocycles. The number of hydrogen-bond donors (Lipinski definition) is 2. The minimum Gasteiger partial charge on any atom is -0.356 e. The van der Waals surface area contributed by atoms with E-state index in [9.17, 15) is 4.79 Å². The molecule has 3 N–H and O–H groups in total. The lowest BCUT2D eigenvalue weighted by molar-refractivity contribution is -0.122. The van der Waals surface area contributed by atoms with E-state index in [0.29, 0.717) is 17.9 Å². The summed E-state index contributed by atoms with van der Waals surface area (Å²) in [5.74, 6) is 1.62. The van der Waals surface area contributed by atoms with Gasteiger partial charge in [-0.3, -0.25) is 4.79 Å². The first kappa shape index (κ1) is 11.9. The topological polar surface area (TPSA) is 55.1 Å². The van der Waals surface area contributed by atoms with Crippen LogP contribution in [0.5, 0.6) is 0 Å². The molecule has 0 aliphatic heterocycles. The SMILES string of the molecule is NC1CCC(CNC(=O)CC2CCC2)CC1. The van der Waals surface area contributed by atoms with Crippen molar-refractivity contribution >= 4 is 5.91 Å². The molecule has 2 aliphatic rings. The molecule has 3 nitrogen and oxygen atoms in total. The Bertz CT molecular complexity index is 230. The second kappa shape index (κ2) is 5.67. The van der Waals surface area contributed by atoms with Gasteiger partial charge in [0.1, 0.15) is 0 Å². The number of carbonyl (C=O) groups excluding carboxylic acids is 1. The monoisotopic (exact) mass is 224 g/mol. The van der Waals surface area contributed by atoms with Crippen molar-refractivity contribution in [2.24, 2.45) is 17.6 Å². The van der Waals surface area contributed by atoms with E-state index in [0.717, 1.165) is 25.8 Å². The lowest BCUT2D eigenvalue weighted by Crippen LogP contribution is -2.35. The van der Waals surface area contributed by atoms with Crippen molar-refractivity contribution < 1.29 is 4.79 Å². The number of nitrogens with two attached hydrogens (primary N) is 1. The molecule has 3 heteroatoms. The summed E-state index contributed by atoms with van der Waals surface area (Å²) >= 11 is 0. The number of hydrogen-bond acceptors (Lipinski definition) is 2. The summed E-state index contributed by atoms with van der Waals surface area (Å²) < 4.78 is 0. The standard InChI is InChI=1S/C13H24N2O/c14-12-6-4-11(5-7-12)9-15-13(16)8-10-2-1-3-10/h10-12H,1-9,14H2,(H,15,16). The average molecular weight is 224 g/mol. The Labute approximate surface area is 98.2 Å². The summed E-state index contributed by atoms with van der Waals surface area (Å²) in [6, 6.07) is 0.405. The summed E-state index contributed by atoms with van der Waals surface area (Å²) in [4.78, 5) is 11.6. The van der Waals surface area contributed by atoms with Crippen LogP contribution in [0.4, 0.5) is 0 Å². The molecule has 0 aromatic rings. The zero-order valence-corrected chi connectivity index (χ0v) is 10.1. The Hall–Kier alpha value is -0.570. The van der Waals surface area contributed by atoms with Crippen molar-refractivity contribution in [3.05, 3.63) is 0 Å². The summed E-state index contributed by atoms with van der Waals surface area (Å²) in [5, 5.41) is 3.09. The normalized spacial score (nSPS) is 30.8. The first-order valence-electron chi connectivity index (χ1n) is 6.76. The van der Waals surface area contributed by atoms with E-state index < -0.39 is 0 Å². The summed E-state index contributed by atoms with van der Waals surface area (Å²) in [6.45, 7) is 0.873. The Morgan fingerprint density at radius 3 is 2.31 bits per heavy atom. The molecule has 0 unspecified atom stereocenters. The van der Waals surface area contributed by atoms with Gasteiger partial charge in [0.25, 0.3) is 0 Å². The third-order valence-corrected chi connectivity index (χ3v) is 4.18. The van der Waals surface area contributed by atoms with Crippen LogP contribution < -0.4 is 11.1 Å². The molecule has 0 radical (unpaired) electrons. The van der Waals surface area contributed by atoms with E-state index in [1.54, 1.807) is 0 Å². The van der Waals surface area contributed by atoms with Crippen LogP contribution in [-0.4, -0.2) is 18.5 Å². The van der Waals surface area contributed by atoms with Crippen LogP contribution in [0.3, 0.4) is 0 Å². The highest BCUT2D eigenvalue weighted by Gasteiger charge is 2.22. The molecule has 0 aromatic heterocycles. The largest absolute Gasteiger partial charge is 0.356 e. The van der Waals surface area contributed by atoms with Gasteiger partial charge in [-0.05, 0) is 50.4 Å². The molecule has 1 amide bonds. The van der Waals surface area contributed by atoms with Crippen molar-refractivity contribution in [2.45, 2.75) is 57.4 Å². The van der Waals surface area contributed by atoms with Gasteiger partial charge in [-0.25, -0.2) is 0 Å². The van der Waals surface area contributed by atoms with Crippen LogP contribution in [-0.2, 0) is 4.79 Å². The van der Waals surface area contributed by atoms with Gasteiger partial charge in [0.15, 0.2) is 0 Å². The fraction of sp³-hybridized carbons (Fsp3) is 0.923. The highest BCUT2D eigenvalue weighted by atomic mass is 16.1. The average Bonchev–Trinajstić information content (AvgIpc) is 2.23. The Kier molecular flexibility index (Phi) is 4.22. The van der Waals surface area contributed by atoms with E-state index in [-0.39, 0.29) is 5.91 Å². The van der Waals surface area contributed by atoms with Gasteiger partial charge >= 0.3 is 0 Å². The smallest absolute Gasteiger partial charge is 0.220 e. The fourth-order valence-corrected chi connectivity index (χ4v) is 2.68. The first-order valence-corrected chi connectivity index (χ1v) is 6.76. The number of carbonyl (C=O) groups is 1. The Morgan fingerprint density at radius 2 is 1.75 bits per heavy atom. The third-order valence-electron chi connectivity index (χ3n) is 4.18. The van der Waals surface area contributed by atoms with Crippen LogP contribution in [0, 0.1) is 11.8 Å². The Balaban J connectivity index is 1.57. The second-order valence-corrected chi connectivity index (χ2v) is 5.59. The maximum absolute atomic E-state index is 11.6. The Morgan fingerprint density at radius 1 is 1.06 bits per heavy atom. The van der Waals surface area contributed by atoms with Crippen molar-refractivity contribution in [3.8, 4) is 0 Å². The van der Waals surface area contributed by atoms with Gasteiger partial charge in [0.05, 0.1) is 0 Å². The van der Waals surface area contributed by atoms with Gasteiger partial charge in [-0.2, -0.15) is 0 Å². The van der Waals surface area contributed by atoms with Gasteiger partial charge in [-0.15, -0.1) is 0 Å². The van der Waals surface area contributed by atoms with Crippen LogP contribution in [0.1, 0.15) is 51.4 Å². The lowest BCUT2D eigenvalue weighted by atomic mass is 9.82. The number of nitrogens with one attached hydrogen (secondary N) is 1. The van der Waals surface area contributed by atoms with Crippen LogP contribution in [0.2, 0.25) is 0 Å². The van der Waals surface area contributed by atoms with Gasteiger partial charge in [-0.1, -0.05) is 6.42 Å². The van der Waals surface area contributed by atoms with Crippen molar-refractivity contribution in [2.75, 3.05) is 6.54 Å². The predicted molar refractivity (Wildman–Crippen MR) is 64.9 cm³/mol. The minimum atomic E-state index is 0.263. The molecular weight excluding hydrogens is 200 g/mol. The van der Waals surface area contributed by atoms with E-state index in [4.69, 9.17) is 5.73 Å². The zero-order valence-electron chi connectivity index (χ0n) is 10.1. The predicted octanol–water partition coefficient (Wildman–Crippen LogP) is 1.81. The molecule has 2 fully saturated rings. The molecule has 0 saturated heterocycles. The molecule has 0 aromatic carbocycles. The first-order chi connectivity index (χ1) is 7.74. The molecule has 2 saturated carbocycles. The lowest BCUT2D eigenvalue weighted by Gasteiger charge is -2.27. The van der Waals surface area contributed by atoms with Crippen molar-refractivity contribution in [1.29, 1.82) is 0 Å². The highest BCUT2D eigenvalue weighted by Crippen LogP contribution is 2.29. The molecule has 92 valence electrons. The van der Waals surface area contributed by atoms with Crippen LogP contribution >= 0.6 is 0 Å². The van der Waals surface area contributed by atoms with Gasteiger partial charge in [0.2, 0.25) is 5.91 Å². The zero-order chi connectivity index (χ0) is 11.4. The quantitative estimate of drug-likeness (QED) is 0.765.